The van der Waals surface area contributed by atoms with Gasteiger partial charge in [-0.25, -0.2) is 5.43 Å². The number of rotatable bonds is 6. The normalized spacial score (nSPS) is 10.6. The van der Waals surface area contributed by atoms with E-state index in [1.54, 1.807) is 19.1 Å². The molecule has 0 aliphatic heterocycles. The third kappa shape index (κ3) is 4.44. The molecule has 2 aromatic rings. The van der Waals surface area contributed by atoms with Gasteiger partial charge in [-0.2, -0.15) is 5.10 Å². The van der Waals surface area contributed by atoms with Crippen molar-refractivity contribution in [3.63, 3.8) is 0 Å². The van der Waals surface area contributed by atoms with Gasteiger partial charge in [0.2, 0.25) is 0 Å². The summed E-state index contributed by atoms with van der Waals surface area (Å²) in [7, 11) is 0. The lowest BCUT2D eigenvalue weighted by Gasteiger charge is -2.04. The number of nitrogens with zero attached hydrogens (tertiary/aromatic N) is 2. The zero-order valence-electron chi connectivity index (χ0n) is 11.7. The first-order valence-corrected chi connectivity index (χ1v) is 6.30. The molecule has 0 radical (unpaired) electrons. The lowest BCUT2D eigenvalue weighted by atomic mass is 10.3. The Morgan fingerprint density at radius 3 is 2.68 bits per heavy atom. The fraction of sp³-hybridized carbons (Fsp3) is 0.143. The molecule has 0 aliphatic rings. The number of nitro benzene ring substituents is 1. The van der Waals surface area contributed by atoms with E-state index in [0.717, 1.165) is 5.76 Å². The number of hydrogen-bond donors (Lipinski definition) is 1. The van der Waals surface area contributed by atoms with Gasteiger partial charge < -0.3 is 9.15 Å². The number of hydrogen-bond acceptors (Lipinski definition) is 6. The summed E-state index contributed by atoms with van der Waals surface area (Å²) in [5, 5.41) is 14.2. The Morgan fingerprint density at radius 1 is 1.36 bits per heavy atom. The maximum absolute atomic E-state index is 11.5. The van der Waals surface area contributed by atoms with Crippen molar-refractivity contribution < 1.29 is 18.9 Å². The van der Waals surface area contributed by atoms with E-state index in [2.05, 4.69) is 10.5 Å². The van der Waals surface area contributed by atoms with Gasteiger partial charge in [-0.05, 0) is 31.2 Å². The second kappa shape index (κ2) is 7.02. The average molecular weight is 303 g/mol. The second-order valence-corrected chi connectivity index (χ2v) is 4.28. The molecule has 0 atom stereocenters. The number of carbonyl (C=O) groups excluding carboxylic acids is 1. The van der Waals surface area contributed by atoms with Gasteiger partial charge >= 0.3 is 0 Å². The molecule has 1 aromatic heterocycles. The van der Waals surface area contributed by atoms with Crippen molar-refractivity contribution in [3.05, 3.63) is 58.0 Å². The minimum absolute atomic E-state index is 0.0462. The number of carbonyl (C=O) groups is 1. The summed E-state index contributed by atoms with van der Waals surface area (Å²) < 4.78 is 10.4. The number of aryl methyl sites for hydroxylation is 1. The van der Waals surface area contributed by atoms with Crippen LogP contribution in [0.4, 0.5) is 5.69 Å². The van der Waals surface area contributed by atoms with Crippen molar-refractivity contribution in [2.75, 3.05) is 6.61 Å². The van der Waals surface area contributed by atoms with Crippen LogP contribution < -0.4 is 10.2 Å². The van der Waals surface area contributed by atoms with E-state index < -0.39 is 10.8 Å². The lowest BCUT2D eigenvalue weighted by molar-refractivity contribution is -0.384. The van der Waals surface area contributed by atoms with E-state index in [-0.39, 0.29) is 12.3 Å². The van der Waals surface area contributed by atoms with E-state index >= 15 is 0 Å². The maximum Gasteiger partial charge on any atom is 0.277 e. The number of nitro groups is 1. The molecule has 22 heavy (non-hydrogen) atoms. The Balaban J connectivity index is 1.77. The average Bonchev–Trinajstić information content (AvgIpc) is 2.91. The molecule has 1 N–H and O–H groups in total. The standard InChI is InChI=1S/C14H13N3O5/c1-10-2-5-13(22-10)8-15-16-14(18)9-21-12-6-3-11(4-7-12)17(19)20/h2-8H,9H2,1H3,(H,16,18)/b15-8+. The number of benzene rings is 1. The van der Waals surface area contributed by atoms with Crippen LogP contribution in [0.3, 0.4) is 0 Å². The van der Waals surface area contributed by atoms with Crippen molar-refractivity contribution in [1.82, 2.24) is 5.43 Å². The summed E-state index contributed by atoms with van der Waals surface area (Å²) in [4.78, 5) is 21.5. The molecule has 0 saturated carbocycles. The summed E-state index contributed by atoms with van der Waals surface area (Å²) >= 11 is 0. The first-order chi connectivity index (χ1) is 10.5. The molecule has 114 valence electrons. The van der Waals surface area contributed by atoms with Gasteiger partial charge in [0.1, 0.15) is 17.3 Å². The molecule has 1 amide bonds. The summed E-state index contributed by atoms with van der Waals surface area (Å²) in [6.45, 7) is 1.54. The highest BCUT2D eigenvalue weighted by Crippen LogP contribution is 2.16. The molecule has 2 rings (SSSR count). The fourth-order valence-electron chi connectivity index (χ4n) is 1.54. The molecule has 0 fully saturated rings. The Labute approximate surface area is 125 Å². The van der Waals surface area contributed by atoms with Crippen LogP contribution >= 0.6 is 0 Å². The highest BCUT2D eigenvalue weighted by molar-refractivity contribution is 5.81. The predicted molar refractivity (Wildman–Crippen MR) is 77.8 cm³/mol. The van der Waals surface area contributed by atoms with Crippen molar-refractivity contribution >= 4 is 17.8 Å². The molecule has 0 saturated heterocycles. The molecule has 0 spiro atoms. The quantitative estimate of drug-likeness (QED) is 0.499. The van der Waals surface area contributed by atoms with Gasteiger partial charge in [-0.15, -0.1) is 0 Å². The SMILES string of the molecule is Cc1ccc(/C=N/NC(=O)COc2ccc([N+](=O)[O-])cc2)o1. The monoisotopic (exact) mass is 303 g/mol. The molecule has 8 nitrogen and oxygen atoms in total. The van der Waals surface area contributed by atoms with Gasteiger partial charge in [0, 0.05) is 12.1 Å². The van der Waals surface area contributed by atoms with E-state index in [0.29, 0.717) is 11.5 Å². The maximum atomic E-state index is 11.5. The second-order valence-electron chi connectivity index (χ2n) is 4.28. The Hall–Kier alpha value is -3.16. The minimum Gasteiger partial charge on any atom is -0.484 e. The van der Waals surface area contributed by atoms with Crippen molar-refractivity contribution in [1.29, 1.82) is 0 Å². The Morgan fingerprint density at radius 2 is 2.09 bits per heavy atom. The van der Waals surface area contributed by atoms with Gasteiger partial charge in [0.25, 0.3) is 11.6 Å². The summed E-state index contributed by atoms with van der Waals surface area (Å²) in [5.74, 6) is 1.16. The van der Waals surface area contributed by atoms with Crippen molar-refractivity contribution in [3.8, 4) is 5.75 Å². The number of hydrazone groups is 1. The third-order valence-electron chi connectivity index (χ3n) is 2.56. The largest absolute Gasteiger partial charge is 0.484 e. The number of amides is 1. The molecular weight excluding hydrogens is 290 g/mol. The van der Waals surface area contributed by atoms with Gasteiger partial charge in [0.05, 0.1) is 11.1 Å². The van der Waals surface area contributed by atoms with E-state index in [9.17, 15) is 14.9 Å². The molecule has 1 heterocycles. The zero-order valence-corrected chi connectivity index (χ0v) is 11.7. The highest BCUT2D eigenvalue weighted by atomic mass is 16.6. The van der Waals surface area contributed by atoms with Gasteiger partial charge in [-0.1, -0.05) is 0 Å². The first kappa shape index (κ1) is 15.2. The smallest absolute Gasteiger partial charge is 0.277 e. The summed E-state index contributed by atoms with van der Waals surface area (Å²) in [6, 6.07) is 8.93. The van der Waals surface area contributed by atoms with E-state index in [4.69, 9.17) is 9.15 Å². The van der Waals surface area contributed by atoms with Crippen LogP contribution in [-0.4, -0.2) is 23.7 Å². The van der Waals surface area contributed by atoms with Crippen molar-refractivity contribution in [2.45, 2.75) is 6.92 Å². The van der Waals surface area contributed by atoms with Gasteiger partial charge in [0.15, 0.2) is 6.61 Å². The zero-order chi connectivity index (χ0) is 15.9. The predicted octanol–water partition coefficient (Wildman–Crippen LogP) is 2.03. The molecule has 0 bridgehead atoms. The van der Waals surface area contributed by atoms with Crippen LogP contribution in [0.2, 0.25) is 0 Å². The molecule has 0 aliphatic carbocycles. The third-order valence-corrected chi connectivity index (χ3v) is 2.56. The molecular formula is C14H13N3O5. The van der Waals surface area contributed by atoms with E-state index in [1.807, 2.05) is 0 Å². The number of non-ortho nitro benzene ring substituents is 1. The molecule has 8 heteroatoms. The van der Waals surface area contributed by atoms with Crippen LogP contribution in [0.15, 0.2) is 45.9 Å². The number of ether oxygens (including phenoxy) is 1. The highest BCUT2D eigenvalue weighted by Gasteiger charge is 2.06. The Bertz CT molecular complexity index is 691. The summed E-state index contributed by atoms with van der Waals surface area (Å²) in [5.41, 5.74) is 2.23. The Kier molecular flexibility index (Phi) is 4.86. The van der Waals surface area contributed by atoms with Gasteiger partial charge in [-0.3, -0.25) is 14.9 Å². The molecule has 0 unspecified atom stereocenters. The van der Waals surface area contributed by atoms with Crippen LogP contribution in [0.1, 0.15) is 11.5 Å². The van der Waals surface area contributed by atoms with Crippen LogP contribution in [-0.2, 0) is 4.79 Å². The van der Waals surface area contributed by atoms with Crippen LogP contribution in [0.5, 0.6) is 5.75 Å². The molecule has 1 aromatic carbocycles. The number of nitrogens with one attached hydrogen (secondary N) is 1. The topological polar surface area (TPSA) is 107 Å². The fourth-order valence-corrected chi connectivity index (χ4v) is 1.54. The van der Waals surface area contributed by atoms with E-state index in [1.165, 1.54) is 30.5 Å². The number of furan rings is 1. The summed E-state index contributed by atoms with van der Waals surface area (Å²) in [6.07, 6.45) is 1.37. The minimum atomic E-state index is -0.512. The lowest BCUT2D eigenvalue weighted by Crippen LogP contribution is -2.24. The first-order valence-electron chi connectivity index (χ1n) is 6.30. The van der Waals surface area contributed by atoms with Crippen LogP contribution in [0.25, 0.3) is 0 Å². The van der Waals surface area contributed by atoms with Crippen LogP contribution in [0, 0.1) is 17.0 Å². The van der Waals surface area contributed by atoms with Crippen molar-refractivity contribution in [2.24, 2.45) is 5.10 Å².